The molecule has 0 aliphatic carbocycles. The zero-order valence-corrected chi connectivity index (χ0v) is 10.2. The zero-order chi connectivity index (χ0) is 15.1. The normalized spacial score (nSPS) is 10.8. The van der Waals surface area contributed by atoms with Crippen LogP contribution in [-0.4, -0.2) is 23.1 Å². The number of nitriles is 1. The second kappa shape index (κ2) is 6.76. The van der Waals surface area contributed by atoms with Crippen LogP contribution in [0.2, 0.25) is 0 Å². The molecule has 0 heterocycles. The number of amides is 2. The molecule has 1 rings (SSSR count). The first-order chi connectivity index (χ1) is 9.49. The minimum absolute atomic E-state index is 0.0603. The number of nitrogens with one attached hydrogen (secondary N) is 2. The third kappa shape index (κ3) is 3.72. The topological polar surface area (TPSA) is 102 Å². The van der Waals surface area contributed by atoms with Gasteiger partial charge in [0.1, 0.15) is 23.5 Å². The number of aliphatic carboxylic acids is 1. The number of carboxylic acid groups (broad SMARTS) is 1. The first-order valence-corrected chi connectivity index (χ1v) is 5.42. The lowest BCUT2D eigenvalue weighted by Gasteiger charge is -2.13. The van der Waals surface area contributed by atoms with Gasteiger partial charge in [-0.1, -0.05) is 6.07 Å². The molecule has 0 aliphatic heterocycles. The Hall–Kier alpha value is -3.06. The van der Waals surface area contributed by atoms with Crippen molar-refractivity contribution >= 4 is 17.7 Å². The number of nitrogens with zero attached hydrogens (tertiary/aromatic N) is 1. The van der Waals surface area contributed by atoms with E-state index in [0.29, 0.717) is 0 Å². The monoisotopic (exact) mass is 275 g/mol. The summed E-state index contributed by atoms with van der Waals surface area (Å²) in [6.07, 6.45) is 4.79. The molecule has 1 aromatic carbocycles. The quantitative estimate of drug-likeness (QED) is 0.720. The molecule has 0 fully saturated rings. The average molecular weight is 275 g/mol. The molecule has 0 radical (unpaired) electrons. The van der Waals surface area contributed by atoms with E-state index in [1.54, 1.807) is 6.07 Å². The van der Waals surface area contributed by atoms with Gasteiger partial charge in [0.05, 0.1) is 5.69 Å². The van der Waals surface area contributed by atoms with Gasteiger partial charge < -0.3 is 15.7 Å². The van der Waals surface area contributed by atoms with Gasteiger partial charge in [-0.3, -0.25) is 0 Å². The number of halogens is 1. The van der Waals surface area contributed by atoms with E-state index in [-0.39, 0.29) is 17.7 Å². The number of hydrogen-bond donors (Lipinski definition) is 3. The maximum atomic E-state index is 13.3. The van der Waals surface area contributed by atoms with Crippen molar-refractivity contribution in [2.45, 2.75) is 12.5 Å². The van der Waals surface area contributed by atoms with Crippen LogP contribution in [0, 0.1) is 29.5 Å². The Balaban J connectivity index is 2.82. The van der Waals surface area contributed by atoms with Crippen molar-refractivity contribution in [3.63, 3.8) is 0 Å². The lowest BCUT2D eigenvalue weighted by atomic mass is 10.2. The van der Waals surface area contributed by atoms with Crippen LogP contribution in [0.1, 0.15) is 12.0 Å². The highest BCUT2D eigenvalue weighted by atomic mass is 19.1. The number of hydrogen-bond acceptors (Lipinski definition) is 3. The Kier molecular flexibility index (Phi) is 5.07. The Morgan fingerprint density at radius 1 is 1.50 bits per heavy atom. The second-order valence-electron chi connectivity index (χ2n) is 3.67. The number of carbonyl (C=O) groups excluding carboxylic acids is 1. The molecule has 102 valence electrons. The number of anilines is 1. The van der Waals surface area contributed by atoms with Crippen LogP contribution in [0.15, 0.2) is 18.2 Å². The van der Waals surface area contributed by atoms with Gasteiger partial charge in [0.25, 0.3) is 0 Å². The van der Waals surface area contributed by atoms with Crippen LogP contribution < -0.4 is 10.6 Å². The van der Waals surface area contributed by atoms with Gasteiger partial charge in [-0.15, -0.1) is 12.3 Å². The molecule has 6 nitrogen and oxygen atoms in total. The summed E-state index contributed by atoms with van der Waals surface area (Å²) in [6.45, 7) is 0. The predicted octanol–water partition coefficient (Wildman–Crippen LogP) is 1.30. The molecule has 20 heavy (non-hydrogen) atoms. The summed E-state index contributed by atoms with van der Waals surface area (Å²) in [6, 6.07) is 3.14. The molecule has 0 aromatic heterocycles. The number of terminal acetylenes is 1. The Labute approximate surface area is 114 Å². The summed E-state index contributed by atoms with van der Waals surface area (Å²) in [7, 11) is 0. The fraction of sp³-hybridized carbons (Fsp3) is 0.154. The standard InChI is InChI=1S/C13H10FN3O3/c1-2-4-11(12(18)19)17-13(20)16-10-6-3-5-9(14)8(10)7-15/h1,3,5-6,11H,4H2,(H,18,19)(H2,16,17,20). The lowest BCUT2D eigenvalue weighted by molar-refractivity contribution is -0.139. The van der Waals surface area contributed by atoms with E-state index < -0.39 is 23.9 Å². The van der Waals surface area contributed by atoms with Crippen LogP contribution in [0.3, 0.4) is 0 Å². The number of carbonyl (C=O) groups is 2. The third-order valence-corrected chi connectivity index (χ3v) is 2.30. The van der Waals surface area contributed by atoms with E-state index in [1.807, 2.05) is 0 Å². The molecule has 0 aliphatic rings. The molecule has 0 saturated carbocycles. The molecular formula is C13H10FN3O3. The minimum atomic E-state index is -1.29. The number of benzene rings is 1. The summed E-state index contributed by atoms with van der Waals surface area (Å²) >= 11 is 0. The molecule has 3 N–H and O–H groups in total. The van der Waals surface area contributed by atoms with E-state index in [4.69, 9.17) is 16.8 Å². The summed E-state index contributed by atoms with van der Waals surface area (Å²) in [5.41, 5.74) is -0.402. The van der Waals surface area contributed by atoms with Crippen molar-refractivity contribution < 1.29 is 19.1 Å². The second-order valence-corrected chi connectivity index (χ2v) is 3.67. The smallest absolute Gasteiger partial charge is 0.327 e. The molecule has 2 amide bonds. The summed E-state index contributed by atoms with van der Waals surface area (Å²) in [5, 5.41) is 21.9. The SMILES string of the molecule is C#CCC(NC(=O)Nc1cccc(F)c1C#N)C(=O)O. The summed E-state index contributed by atoms with van der Waals surface area (Å²) < 4.78 is 13.3. The molecule has 0 saturated heterocycles. The minimum Gasteiger partial charge on any atom is -0.480 e. The lowest BCUT2D eigenvalue weighted by Crippen LogP contribution is -2.42. The highest BCUT2D eigenvalue weighted by Crippen LogP contribution is 2.17. The highest BCUT2D eigenvalue weighted by Gasteiger charge is 2.19. The Bertz CT molecular complexity index is 616. The fourth-order valence-electron chi connectivity index (χ4n) is 1.38. The molecule has 1 aromatic rings. The number of carboxylic acids is 1. The van der Waals surface area contributed by atoms with E-state index in [9.17, 15) is 14.0 Å². The molecule has 1 unspecified atom stereocenters. The van der Waals surface area contributed by atoms with Crippen molar-refractivity contribution in [2.24, 2.45) is 0 Å². The van der Waals surface area contributed by atoms with E-state index in [0.717, 1.165) is 6.07 Å². The number of rotatable bonds is 4. The Morgan fingerprint density at radius 3 is 2.75 bits per heavy atom. The zero-order valence-electron chi connectivity index (χ0n) is 10.2. The third-order valence-electron chi connectivity index (χ3n) is 2.30. The first kappa shape index (κ1) is 15.0. The Morgan fingerprint density at radius 2 is 2.20 bits per heavy atom. The van der Waals surface area contributed by atoms with E-state index in [2.05, 4.69) is 16.6 Å². The maximum absolute atomic E-state index is 13.3. The molecule has 0 spiro atoms. The summed E-state index contributed by atoms with van der Waals surface area (Å²) in [5.74, 6) is 0.0325. The maximum Gasteiger partial charge on any atom is 0.327 e. The van der Waals surface area contributed by atoms with Crippen LogP contribution in [0.4, 0.5) is 14.9 Å². The van der Waals surface area contributed by atoms with Gasteiger partial charge in [-0.25, -0.2) is 14.0 Å². The van der Waals surface area contributed by atoms with Crippen molar-refractivity contribution in [2.75, 3.05) is 5.32 Å². The van der Waals surface area contributed by atoms with Crippen LogP contribution >= 0.6 is 0 Å². The largest absolute Gasteiger partial charge is 0.480 e. The van der Waals surface area contributed by atoms with Crippen molar-refractivity contribution in [1.82, 2.24) is 5.32 Å². The summed E-state index contributed by atoms with van der Waals surface area (Å²) in [4.78, 5) is 22.4. The molecule has 1 atom stereocenters. The van der Waals surface area contributed by atoms with Crippen molar-refractivity contribution in [1.29, 1.82) is 5.26 Å². The fourth-order valence-corrected chi connectivity index (χ4v) is 1.38. The van der Waals surface area contributed by atoms with Gasteiger partial charge >= 0.3 is 12.0 Å². The predicted molar refractivity (Wildman–Crippen MR) is 68.1 cm³/mol. The molecule has 7 heteroatoms. The average Bonchev–Trinajstić information content (AvgIpc) is 2.38. The van der Waals surface area contributed by atoms with Crippen LogP contribution in [-0.2, 0) is 4.79 Å². The van der Waals surface area contributed by atoms with Gasteiger partial charge in [0, 0.05) is 6.42 Å². The molecule has 0 bridgehead atoms. The first-order valence-electron chi connectivity index (χ1n) is 5.42. The van der Waals surface area contributed by atoms with Gasteiger partial charge in [0.2, 0.25) is 0 Å². The van der Waals surface area contributed by atoms with E-state index in [1.165, 1.54) is 12.1 Å². The van der Waals surface area contributed by atoms with Crippen LogP contribution in [0.5, 0.6) is 0 Å². The van der Waals surface area contributed by atoms with E-state index >= 15 is 0 Å². The molecular weight excluding hydrogens is 265 g/mol. The van der Waals surface area contributed by atoms with Crippen molar-refractivity contribution in [3.8, 4) is 18.4 Å². The van der Waals surface area contributed by atoms with Gasteiger partial charge in [0.15, 0.2) is 0 Å². The number of urea groups is 1. The van der Waals surface area contributed by atoms with Gasteiger partial charge in [-0.05, 0) is 12.1 Å². The van der Waals surface area contributed by atoms with Crippen LogP contribution in [0.25, 0.3) is 0 Å². The van der Waals surface area contributed by atoms with Crippen molar-refractivity contribution in [3.05, 3.63) is 29.6 Å². The highest BCUT2D eigenvalue weighted by molar-refractivity contribution is 5.93. The van der Waals surface area contributed by atoms with Gasteiger partial charge in [-0.2, -0.15) is 5.26 Å².